The second-order valence-corrected chi connectivity index (χ2v) is 5.94. The van der Waals surface area contributed by atoms with Crippen LogP contribution in [-0.2, 0) is 6.54 Å². The van der Waals surface area contributed by atoms with E-state index in [9.17, 15) is 4.79 Å². The quantitative estimate of drug-likeness (QED) is 0.560. The molecule has 0 atom stereocenters. The van der Waals surface area contributed by atoms with Gasteiger partial charge in [-0.2, -0.15) is 10.2 Å². The summed E-state index contributed by atoms with van der Waals surface area (Å²) in [7, 11) is 0. The lowest BCUT2D eigenvalue weighted by atomic mass is 10.1. The maximum atomic E-state index is 12.5. The van der Waals surface area contributed by atoms with Crippen LogP contribution in [0.2, 0.25) is 0 Å². The summed E-state index contributed by atoms with van der Waals surface area (Å²) in [5.74, 6) is 0.725. The fraction of sp³-hybridized carbons (Fsp3) is 0.0476. The molecule has 0 unspecified atom stereocenters. The summed E-state index contributed by atoms with van der Waals surface area (Å²) in [5.41, 5.74) is 2.56. The fourth-order valence-electron chi connectivity index (χ4n) is 2.82. The van der Waals surface area contributed by atoms with Crippen molar-refractivity contribution in [3.8, 4) is 29.0 Å². The van der Waals surface area contributed by atoms with E-state index in [2.05, 4.69) is 16.2 Å². The summed E-state index contributed by atoms with van der Waals surface area (Å²) >= 11 is 0. The van der Waals surface area contributed by atoms with E-state index < -0.39 is 0 Å². The maximum Gasteiger partial charge on any atom is 0.274 e. The minimum Gasteiger partial charge on any atom is -0.332 e. The van der Waals surface area contributed by atoms with Gasteiger partial charge in [0.2, 0.25) is 5.82 Å². The van der Waals surface area contributed by atoms with E-state index in [0.29, 0.717) is 23.6 Å². The van der Waals surface area contributed by atoms with Crippen LogP contribution in [0.5, 0.6) is 0 Å². The van der Waals surface area contributed by atoms with Crippen LogP contribution in [0, 0.1) is 11.3 Å². The van der Waals surface area contributed by atoms with Gasteiger partial charge in [0.25, 0.3) is 11.4 Å². The van der Waals surface area contributed by atoms with E-state index in [0.717, 1.165) is 11.1 Å². The smallest absolute Gasteiger partial charge is 0.274 e. The van der Waals surface area contributed by atoms with E-state index in [1.807, 2.05) is 36.4 Å². The minimum absolute atomic E-state index is 0.186. The SMILES string of the molecule is N#Cc1cccc(Cn2c(-c3nc(-c4ccccc4)no3)cccc2=O)c1. The predicted molar refractivity (Wildman–Crippen MR) is 99.7 cm³/mol. The van der Waals surface area contributed by atoms with Gasteiger partial charge >= 0.3 is 0 Å². The van der Waals surface area contributed by atoms with Crippen LogP contribution in [0.4, 0.5) is 0 Å². The molecule has 130 valence electrons. The van der Waals surface area contributed by atoms with Gasteiger partial charge in [0.1, 0.15) is 5.69 Å². The monoisotopic (exact) mass is 354 g/mol. The number of nitriles is 1. The second-order valence-electron chi connectivity index (χ2n) is 5.94. The molecule has 6 nitrogen and oxygen atoms in total. The molecule has 0 aliphatic heterocycles. The molecular weight excluding hydrogens is 340 g/mol. The molecule has 4 aromatic rings. The van der Waals surface area contributed by atoms with Crippen LogP contribution in [-0.4, -0.2) is 14.7 Å². The van der Waals surface area contributed by atoms with Crippen LogP contribution < -0.4 is 5.56 Å². The third-order valence-electron chi connectivity index (χ3n) is 4.12. The van der Waals surface area contributed by atoms with Crippen LogP contribution in [0.25, 0.3) is 23.0 Å². The summed E-state index contributed by atoms with van der Waals surface area (Å²) in [6, 6.07) is 23.6. The van der Waals surface area contributed by atoms with E-state index in [1.54, 1.807) is 34.9 Å². The first-order valence-corrected chi connectivity index (χ1v) is 8.33. The third kappa shape index (κ3) is 3.39. The highest BCUT2D eigenvalue weighted by molar-refractivity contribution is 5.57. The molecule has 0 saturated carbocycles. The first-order chi connectivity index (χ1) is 13.2. The first-order valence-electron chi connectivity index (χ1n) is 8.33. The number of hydrogen-bond acceptors (Lipinski definition) is 5. The van der Waals surface area contributed by atoms with E-state index in [-0.39, 0.29) is 11.4 Å². The van der Waals surface area contributed by atoms with Gasteiger partial charge < -0.3 is 4.52 Å². The number of aromatic nitrogens is 3. The van der Waals surface area contributed by atoms with Crippen LogP contribution in [0.15, 0.2) is 82.1 Å². The fourth-order valence-corrected chi connectivity index (χ4v) is 2.82. The van der Waals surface area contributed by atoms with Crippen molar-refractivity contribution in [3.63, 3.8) is 0 Å². The Labute approximate surface area is 155 Å². The average Bonchev–Trinajstić information content (AvgIpc) is 3.20. The Morgan fingerprint density at radius 2 is 1.81 bits per heavy atom. The summed E-state index contributed by atoms with van der Waals surface area (Å²) in [6.45, 7) is 0.299. The maximum absolute atomic E-state index is 12.5. The standard InChI is InChI=1S/C21H14N4O2/c22-13-15-6-4-7-16(12-15)14-25-18(10-5-11-19(25)26)21-23-20(24-27-21)17-8-2-1-3-9-17/h1-12H,14H2. The molecule has 0 amide bonds. The van der Waals surface area contributed by atoms with Gasteiger partial charge in [-0.1, -0.05) is 53.7 Å². The third-order valence-corrected chi connectivity index (χ3v) is 4.12. The molecule has 2 heterocycles. The molecule has 0 aliphatic carbocycles. The van der Waals surface area contributed by atoms with Crippen molar-refractivity contribution in [1.82, 2.24) is 14.7 Å². The topological polar surface area (TPSA) is 84.7 Å². The predicted octanol–water partition coefficient (Wildman–Crippen LogP) is 3.49. The molecule has 0 radical (unpaired) electrons. The molecule has 2 aromatic heterocycles. The van der Waals surface area contributed by atoms with E-state index in [4.69, 9.17) is 9.78 Å². The molecule has 0 spiro atoms. The summed E-state index contributed by atoms with van der Waals surface area (Å²) < 4.78 is 6.96. The van der Waals surface area contributed by atoms with Crippen LogP contribution >= 0.6 is 0 Å². The molecule has 0 fully saturated rings. The molecule has 6 heteroatoms. The molecule has 0 saturated heterocycles. The van der Waals surface area contributed by atoms with Crippen LogP contribution in [0.3, 0.4) is 0 Å². The second kappa shape index (κ2) is 7.10. The lowest BCUT2D eigenvalue weighted by molar-refractivity contribution is 0.428. The van der Waals surface area contributed by atoms with Crippen molar-refractivity contribution in [2.45, 2.75) is 6.54 Å². The minimum atomic E-state index is -0.186. The molecule has 0 N–H and O–H groups in total. The molecule has 27 heavy (non-hydrogen) atoms. The largest absolute Gasteiger partial charge is 0.332 e. The molecule has 0 aliphatic rings. The normalized spacial score (nSPS) is 10.5. The number of benzene rings is 2. The molecule has 2 aromatic carbocycles. The summed E-state index contributed by atoms with van der Waals surface area (Å²) in [4.78, 5) is 16.9. The Morgan fingerprint density at radius 1 is 1.00 bits per heavy atom. The van der Waals surface area contributed by atoms with Crippen molar-refractivity contribution in [2.75, 3.05) is 0 Å². The average molecular weight is 354 g/mol. The molecule has 0 bridgehead atoms. The Bertz CT molecular complexity index is 1190. The van der Waals surface area contributed by atoms with Gasteiger partial charge in [0, 0.05) is 11.6 Å². The van der Waals surface area contributed by atoms with Gasteiger partial charge in [-0.25, -0.2) is 0 Å². The lowest BCUT2D eigenvalue weighted by Crippen LogP contribution is -2.21. The zero-order valence-corrected chi connectivity index (χ0v) is 14.2. The van der Waals surface area contributed by atoms with E-state index >= 15 is 0 Å². The number of rotatable bonds is 4. The van der Waals surface area contributed by atoms with Crippen molar-refractivity contribution in [1.29, 1.82) is 5.26 Å². The molecular formula is C21H14N4O2. The van der Waals surface area contributed by atoms with Gasteiger partial charge in [-0.05, 0) is 23.8 Å². The first kappa shape index (κ1) is 16.5. The zero-order valence-electron chi connectivity index (χ0n) is 14.2. The Morgan fingerprint density at radius 3 is 2.63 bits per heavy atom. The van der Waals surface area contributed by atoms with Gasteiger partial charge in [-0.3, -0.25) is 9.36 Å². The highest BCUT2D eigenvalue weighted by Crippen LogP contribution is 2.22. The highest BCUT2D eigenvalue weighted by Gasteiger charge is 2.15. The molecule has 4 rings (SSSR count). The Kier molecular flexibility index (Phi) is 4.33. The van der Waals surface area contributed by atoms with E-state index in [1.165, 1.54) is 6.07 Å². The Balaban J connectivity index is 1.74. The highest BCUT2D eigenvalue weighted by atomic mass is 16.5. The number of hydrogen-bond donors (Lipinski definition) is 0. The number of nitrogens with zero attached hydrogens (tertiary/aromatic N) is 4. The van der Waals surface area contributed by atoms with Crippen molar-refractivity contribution >= 4 is 0 Å². The Hall–Kier alpha value is -3.98. The van der Waals surface area contributed by atoms with Gasteiger partial charge in [-0.15, -0.1) is 0 Å². The number of pyridine rings is 1. The van der Waals surface area contributed by atoms with Crippen molar-refractivity contribution < 1.29 is 4.52 Å². The van der Waals surface area contributed by atoms with Crippen molar-refractivity contribution in [3.05, 3.63) is 94.3 Å². The van der Waals surface area contributed by atoms with Gasteiger partial charge in [0.05, 0.1) is 18.2 Å². The summed E-state index contributed by atoms with van der Waals surface area (Å²) in [5, 5.41) is 13.1. The van der Waals surface area contributed by atoms with Crippen LogP contribution in [0.1, 0.15) is 11.1 Å². The van der Waals surface area contributed by atoms with Gasteiger partial charge in [0.15, 0.2) is 0 Å². The zero-order chi connectivity index (χ0) is 18.6. The lowest BCUT2D eigenvalue weighted by Gasteiger charge is -2.10. The van der Waals surface area contributed by atoms with Crippen molar-refractivity contribution in [2.24, 2.45) is 0 Å². The summed E-state index contributed by atoms with van der Waals surface area (Å²) in [6.07, 6.45) is 0.